The van der Waals surface area contributed by atoms with Gasteiger partial charge in [0.15, 0.2) is 0 Å². The van der Waals surface area contributed by atoms with Gasteiger partial charge in [-0.05, 0) is 43.3 Å². The van der Waals surface area contributed by atoms with Gasteiger partial charge in [-0.3, -0.25) is 9.59 Å². The maximum Gasteiger partial charge on any atom is 0.237 e. The molecular weight excluding hydrogens is 352 g/mol. The molecule has 0 radical (unpaired) electrons. The predicted octanol–water partition coefficient (Wildman–Crippen LogP) is 3.40. The van der Waals surface area contributed by atoms with Gasteiger partial charge in [0.05, 0.1) is 30.9 Å². The van der Waals surface area contributed by atoms with E-state index >= 15 is 0 Å². The van der Waals surface area contributed by atoms with E-state index in [0.29, 0.717) is 17.1 Å². The summed E-state index contributed by atoms with van der Waals surface area (Å²) >= 11 is 1.26. The van der Waals surface area contributed by atoms with Crippen LogP contribution < -0.4 is 20.1 Å². The molecule has 0 heterocycles. The Kier molecular flexibility index (Phi) is 7.35. The van der Waals surface area contributed by atoms with Crippen molar-refractivity contribution in [1.29, 1.82) is 0 Å². The number of rotatable bonds is 8. The van der Waals surface area contributed by atoms with Crippen LogP contribution in [0.2, 0.25) is 0 Å². The molecule has 1 atom stereocenters. The van der Waals surface area contributed by atoms with Gasteiger partial charge in [-0.2, -0.15) is 0 Å². The number of amides is 2. The Hall–Kier alpha value is -2.67. The van der Waals surface area contributed by atoms with E-state index in [0.717, 1.165) is 5.75 Å². The zero-order valence-electron chi connectivity index (χ0n) is 14.9. The third-order valence-electron chi connectivity index (χ3n) is 3.57. The number of anilines is 2. The minimum atomic E-state index is -0.387. The van der Waals surface area contributed by atoms with E-state index in [1.54, 1.807) is 57.5 Å². The molecule has 0 aliphatic heterocycles. The number of benzene rings is 2. The standard InChI is InChI=1S/C19H22N2O4S/c1-13(19(23)21-16-6-4-5-7-17(16)25-3)26-12-18(22)20-14-8-10-15(24-2)11-9-14/h4-11,13H,12H2,1-3H3,(H,20,22)(H,21,23)/t13-/m1/s1. The maximum atomic E-state index is 12.3. The van der Waals surface area contributed by atoms with E-state index in [1.807, 2.05) is 12.1 Å². The Morgan fingerprint density at radius 1 is 1.00 bits per heavy atom. The first-order valence-electron chi connectivity index (χ1n) is 8.03. The molecule has 2 aromatic carbocycles. The molecule has 2 rings (SSSR count). The minimum Gasteiger partial charge on any atom is -0.497 e. The smallest absolute Gasteiger partial charge is 0.237 e. The topological polar surface area (TPSA) is 76.7 Å². The summed E-state index contributed by atoms with van der Waals surface area (Å²) in [6, 6.07) is 14.3. The lowest BCUT2D eigenvalue weighted by molar-refractivity contribution is -0.115. The SMILES string of the molecule is COc1ccc(NC(=O)CS[C@H](C)C(=O)Nc2ccccc2OC)cc1. The molecule has 26 heavy (non-hydrogen) atoms. The predicted molar refractivity (Wildman–Crippen MR) is 105 cm³/mol. The Bertz CT molecular complexity index is 749. The fourth-order valence-electron chi connectivity index (χ4n) is 2.13. The lowest BCUT2D eigenvalue weighted by Gasteiger charge is -2.14. The number of carbonyl (C=O) groups is 2. The first-order valence-corrected chi connectivity index (χ1v) is 9.07. The molecule has 0 bridgehead atoms. The number of hydrogen-bond donors (Lipinski definition) is 2. The molecule has 0 unspecified atom stereocenters. The highest BCUT2D eigenvalue weighted by atomic mass is 32.2. The summed E-state index contributed by atoms with van der Waals surface area (Å²) < 4.78 is 10.3. The van der Waals surface area contributed by atoms with Crippen LogP contribution in [0.1, 0.15) is 6.92 Å². The second kappa shape index (κ2) is 9.72. The quantitative estimate of drug-likeness (QED) is 0.741. The molecule has 0 fully saturated rings. The van der Waals surface area contributed by atoms with Gasteiger partial charge in [0.25, 0.3) is 0 Å². The van der Waals surface area contributed by atoms with E-state index in [2.05, 4.69) is 10.6 Å². The third-order valence-corrected chi connectivity index (χ3v) is 4.72. The van der Waals surface area contributed by atoms with E-state index in [1.165, 1.54) is 11.8 Å². The van der Waals surface area contributed by atoms with Crippen LogP contribution in [0.15, 0.2) is 48.5 Å². The van der Waals surface area contributed by atoms with Crippen molar-refractivity contribution < 1.29 is 19.1 Å². The van der Waals surface area contributed by atoms with Crippen molar-refractivity contribution in [2.24, 2.45) is 0 Å². The molecule has 0 aliphatic carbocycles. The van der Waals surface area contributed by atoms with Gasteiger partial charge < -0.3 is 20.1 Å². The maximum absolute atomic E-state index is 12.3. The highest BCUT2D eigenvalue weighted by Crippen LogP contribution is 2.24. The summed E-state index contributed by atoms with van der Waals surface area (Å²) in [5.74, 6) is 1.13. The lowest BCUT2D eigenvalue weighted by Crippen LogP contribution is -2.25. The largest absolute Gasteiger partial charge is 0.497 e. The number of methoxy groups -OCH3 is 2. The van der Waals surface area contributed by atoms with Gasteiger partial charge in [-0.25, -0.2) is 0 Å². The van der Waals surface area contributed by atoms with Gasteiger partial charge in [0.1, 0.15) is 11.5 Å². The van der Waals surface area contributed by atoms with Crippen LogP contribution in [-0.2, 0) is 9.59 Å². The number of thioether (sulfide) groups is 1. The first-order chi connectivity index (χ1) is 12.5. The van der Waals surface area contributed by atoms with Gasteiger partial charge in [-0.1, -0.05) is 12.1 Å². The van der Waals surface area contributed by atoms with Crippen LogP contribution in [0.25, 0.3) is 0 Å². The van der Waals surface area contributed by atoms with E-state index in [-0.39, 0.29) is 22.8 Å². The number of ether oxygens (including phenoxy) is 2. The molecule has 6 nitrogen and oxygen atoms in total. The molecule has 2 aromatic rings. The summed E-state index contributed by atoms with van der Waals surface area (Å²) in [6.45, 7) is 1.76. The minimum absolute atomic E-state index is 0.169. The molecular formula is C19H22N2O4S. The zero-order valence-corrected chi connectivity index (χ0v) is 15.8. The van der Waals surface area contributed by atoms with Crippen molar-refractivity contribution in [2.45, 2.75) is 12.2 Å². The molecule has 0 aliphatic rings. The van der Waals surface area contributed by atoms with Gasteiger partial charge in [-0.15, -0.1) is 11.8 Å². The zero-order chi connectivity index (χ0) is 18.9. The van der Waals surface area contributed by atoms with Gasteiger partial charge >= 0.3 is 0 Å². The fraction of sp³-hybridized carbons (Fsp3) is 0.263. The molecule has 0 saturated heterocycles. The summed E-state index contributed by atoms with van der Waals surface area (Å²) in [4.78, 5) is 24.3. The van der Waals surface area contributed by atoms with E-state index in [9.17, 15) is 9.59 Å². The Morgan fingerprint density at radius 3 is 2.35 bits per heavy atom. The third kappa shape index (κ3) is 5.70. The molecule has 0 aromatic heterocycles. The molecule has 0 saturated carbocycles. The average Bonchev–Trinajstić information content (AvgIpc) is 2.67. The highest BCUT2D eigenvalue weighted by Gasteiger charge is 2.17. The average molecular weight is 374 g/mol. The number of hydrogen-bond acceptors (Lipinski definition) is 5. The summed E-state index contributed by atoms with van der Waals surface area (Å²) in [5.41, 5.74) is 1.29. The Balaban J connectivity index is 1.81. The summed E-state index contributed by atoms with van der Waals surface area (Å²) in [5, 5.41) is 5.22. The molecule has 2 amide bonds. The van der Waals surface area contributed by atoms with Crippen molar-refractivity contribution in [1.82, 2.24) is 0 Å². The van der Waals surface area contributed by atoms with Crippen LogP contribution in [0, 0.1) is 0 Å². The van der Waals surface area contributed by atoms with Crippen LogP contribution >= 0.6 is 11.8 Å². The fourth-order valence-corrected chi connectivity index (χ4v) is 2.81. The summed E-state index contributed by atoms with van der Waals surface area (Å²) in [7, 11) is 3.13. The van der Waals surface area contributed by atoms with E-state index < -0.39 is 0 Å². The van der Waals surface area contributed by atoms with E-state index in [4.69, 9.17) is 9.47 Å². The van der Waals surface area contributed by atoms with Crippen LogP contribution in [0.4, 0.5) is 11.4 Å². The normalized spacial score (nSPS) is 11.3. The van der Waals surface area contributed by atoms with Crippen LogP contribution in [0.3, 0.4) is 0 Å². The number of nitrogens with one attached hydrogen (secondary N) is 2. The number of para-hydroxylation sites is 2. The van der Waals surface area contributed by atoms with Crippen molar-refractivity contribution in [3.63, 3.8) is 0 Å². The van der Waals surface area contributed by atoms with Gasteiger partial charge in [0.2, 0.25) is 11.8 Å². The summed E-state index contributed by atoms with van der Waals surface area (Å²) in [6.07, 6.45) is 0. The van der Waals surface area contributed by atoms with Crippen molar-refractivity contribution in [3.05, 3.63) is 48.5 Å². The van der Waals surface area contributed by atoms with Crippen molar-refractivity contribution in [3.8, 4) is 11.5 Å². The number of carbonyl (C=O) groups excluding carboxylic acids is 2. The second-order valence-corrected chi connectivity index (χ2v) is 6.75. The highest BCUT2D eigenvalue weighted by molar-refractivity contribution is 8.01. The molecule has 2 N–H and O–H groups in total. The lowest BCUT2D eigenvalue weighted by atomic mass is 10.3. The van der Waals surface area contributed by atoms with Crippen LogP contribution in [0.5, 0.6) is 11.5 Å². The van der Waals surface area contributed by atoms with Crippen molar-refractivity contribution in [2.75, 3.05) is 30.6 Å². The Morgan fingerprint density at radius 2 is 1.69 bits per heavy atom. The molecule has 0 spiro atoms. The molecule has 138 valence electrons. The molecule has 7 heteroatoms. The van der Waals surface area contributed by atoms with Gasteiger partial charge in [0, 0.05) is 5.69 Å². The first kappa shape index (κ1) is 19.7. The monoisotopic (exact) mass is 374 g/mol. The van der Waals surface area contributed by atoms with Crippen molar-refractivity contribution >= 4 is 35.0 Å². The van der Waals surface area contributed by atoms with Crippen LogP contribution in [-0.4, -0.2) is 37.0 Å². The second-order valence-electron chi connectivity index (χ2n) is 5.42. The Labute approximate surface area is 157 Å².